The van der Waals surface area contributed by atoms with E-state index in [1.807, 2.05) is 50.2 Å². The fraction of sp³-hybridized carbons (Fsp3) is 0.138. The molecule has 194 valence electrons. The van der Waals surface area contributed by atoms with Crippen molar-refractivity contribution in [1.82, 2.24) is 35.2 Å². The number of amides is 1. The Hall–Kier alpha value is -5.25. The average molecular weight is 519 g/mol. The molecule has 10 nitrogen and oxygen atoms in total. The van der Waals surface area contributed by atoms with Crippen LogP contribution in [0.15, 0.2) is 79.5 Å². The van der Waals surface area contributed by atoms with Crippen molar-refractivity contribution in [3.8, 4) is 28.5 Å². The highest BCUT2D eigenvalue weighted by molar-refractivity contribution is 5.92. The standard InChI is InChI=1S/C29H26N8O2/c1-18-13-33-28(37-27(18)36-22-5-4-12-30-17-22)23-8-10-25(35-19(23)2)29(38)34-15-20-6-9-24(31-14-20)21-7-11-26(39-3)32-16-21/h4-14,16-17H,15H2,1-3H3,(H,34,38)(H,33,36,37). The number of pyridine rings is 4. The van der Waals surface area contributed by atoms with Gasteiger partial charge in [0.1, 0.15) is 11.5 Å². The Labute approximate surface area is 225 Å². The number of carbonyl (C=O) groups excluding carboxylic acids is 1. The second kappa shape index (κ2) is 11.4. The fourth-order valence-corrected chi connectivity index (χ4v) is 3.82. The molecule has 1 amide bonds. The van der Waals surface area contributed by atoms with E-state index in [0.717, 1.165) is 33.6 Å². The number of carbonyl (C=O) groups is 1. The molecule has 5 heterocycles. The Morgan fingerprint density at radius 3 is 2.49 bits per heavy atom. The van der Waals surface area contributed by atoms with Crippen molar-refractivity contribution in [3.63, 3.8) is 0 Å². The van der Waals surface area contributed by atoms with E-state index in [2.05, 4.69) is 40.5 Å². The largest absolute Gasteiger partial charge is 0.481 e. The lowest BCUT2D eigenvalue weighted by Gasteiger charge is -2.11. The Kier molecular flexibility index (Phi) is 7.44. The van der Waals surface area contributed by atoms with Crippen molar-refractivity contribution < 1.29 is 9.53 Å². The normalized spacial score (nSPS) is 10.6. The first-order valence-corrected chi connectivity index (χ1v) is 12.2. The summed E-state index contributed by atoms with van der Waals surface area (Å²) in [4.78, 5) is 39.3. The third-order valence-electron chi connectivity index (χ3n) is 5.97. The van der Waals surface area contributed by atoms with Crippen LogP contribution in [0, 0.1) is 13.8 Å². The van der Waals surface area contributed by atoms with Crippen LogP contribution in [0.5, 0.6) is 5.88 Å². The molecule has 0 radical (unpaired) electrons. The van der Waals surface area contributed by atoms with Crippen molar-refractivity contribution in [3.05, 3.63) is 102 Å². The summed E-state index contributed by atoms with van der Waals surface area (Å²) in [6.07, 6.45) is 8.63. The summed E-state index contributed by atoms with van der Waals surface area (Å²) in [7, 11) is 1.58. The highest BCUT2D eigenvalue weighted by atomic mass is 16.5. The minimum absolute atomic E-state index is 0.281. The van der Waals surface area contributed by atoms with Crippen LogP contribution < -0.4 is 15.4 Å². The molecule has 0 aliphatic rings. The summed E-state index contributed by atoms with van der Waals surface area (Å²) >= 11 is 0. The first-order valence-electron chi connectivity index (χ1n) is 12.2. The number of hydrogen-bond donors (Lipinski definition) is 2. The van der Waals surface area contributed by atoms with Gasteiger partial charge in [0.05, 0.1) is 24.7 Å². The molecule has 39 heavy (non-hydrogen) atoms. The van der Waals surface area contributed by atoms with Crippen molar-refractivity contribution in [2.24, 2.45) is 0 Å². The summed E-state index contributed by atoms with van der Waals surface area (Å²) in [6.45, 7) is 4.08. The van der Waals surface area contributed by atoms with Gasteiger partial charge in [-0.3, -0.25) is 14.8 Å². The van der Waals surface area contributed by atoms with Crippen LogP contribution in [0.4, 0.5) is 11.5 Å². The maximum Gasteiger partial charge on any atom is 0.270 e. The summed E-state index contributed by atoms with van der Waals surface area (Å²) < 4.78 is 5.09. The number of rotatable bonds is 8. The van der Waals surface area contributed by atoms with Gasteiger partial charge < -0.3 is 15.4 Å². The van der Waals surface area contributed by atoms with Crippen LogP contribution in [0.3, 0.4) is 0 Å². The molecule has 0 aliphatic carbocycles. The van der Waals surface area contributed by atoms with Crippen LogP contribution in [-0.2, 0) is 6.54 Å². The van der Waals surface area contributed by atoms with Gasteiger partial charge in [-0.2, -0.15) is 0 Å². The maximum absolute atomic E-state index is 12.8. The van der Waals surface area contributed by atoms with Crippen molar-refractivity contribution in [1.29, 1.82) is 0 Å². The van der Waals surface area contributed by atoms with E-state index >= 15 is 0 Å². The van der Waals surface area contributed by atoms with Gasteiger partial charge in [-0.15, -0.1) is 0 Å². The third-order valence-corrected chi connectivity index (χ3v) is 5.97. The Morgan fingerprint density at radius 1 is 0.897 bits per heavy atom. The van der Waals surface area contributed by atoms with Crippen LogP contribution in [0.2, 0.25) is 0 Å². The maximum atomic E-state index is 12.8. The number of methoxy groups -OCH3 is 1. The van der Waals surface area contributed by atoms with Gasteiger partial charge in [-0.05, 0) is 55.8 Å². The Morgan fingerprint density at radius 2 is 1.79 bits per heavy atom. The predicted octanol–water partition coefficient (Wildman–Crippen LogP) is 4.69. The molecule has 0 fully saturated rings. The van der Waals surface area contributed by atoms with Crippen molar-refractivity contribution in [2.75, 3.05) is 12.4 Å². The molecule has 0 aliphatic heterocycles. The number of nitrogens with one attached hydrogen (secondary N) is 2. The number of hydrogen-bond acceptors (Lipinski definition) is 9. The van der Waals surface area contributed by atoms with E-state index in [1.165, 1.54) is 0 Å². The zero-order valence-corrected chi connectivity index (χ0v) is 21.7. The number of ether oxygens (including phenoxy) is 1. The first kappa shape index (κ1) is 25.4. The van der Waals surface area contributed by atoms with Gasteiger partial charge in [0.25, 0.3) is 5.91 Å². The number of aryl methyl sites for hydroxylation is 2. The van der Waals surface area contributed by atoms with Crippen molar-refractivity contribution in [2.45, 2.75) is 20.4 Å². The molecule has 0 bridgehead atoms. The second-order valence-electron chi connectivity index (χ2n) is 8.74. The minimum Gasteiger partial charge on any atom is -0.481 e. The topological polar surface area (TPSA) is 128 Å². The molecule has 0 saturated heterocycles. The average Bonchev–Trinajstić information content (AvgIpc) is 2.98. The Bertz CT molecular complexity index is 1590. The SMILES string of the molecule is COc1ccc(-c2ccc(CNC(=O)c3ccc(-c4ncc(C)c(Nc5cccnc5)n4)c(C)n3)cn2)cn1. The van der Waals surface area contributed by atoms with Gasteiger partial charge in [-0.1, -0.05) is 6.07 Å². The molecule has 0 spiro atoms. The van der Waals surface area contributed by atoms with E-state index in [4.69, 9.17) is 4.74 Å². The monoisotopic (exact) mass is 518 g/mol. The molecule has 10 heteroatoms. The fourth-order valence-electron chi connectivity index (χ4n) is 3.82. The molecule has 5 aromatic heterocycles. The summed E-state index contributed by atoms with van der Waals surface area (Å²) in [5, 5.41) is 6.17. The van der Waals surface area contributed by atoms with Crippen LogP contribution in [0.1, 0.15) is 27.3 Å². The van der Waals surface area contributed by atoms with Crippen LogP contribution >= 0.6 is 0 Å². The summed E-state index contributed by atoms with van der Waals surface area (Å²) in [6, 6.07) is 14.7. The molecular formula is C29H26N8O2. The van der Waals surface area contributed by atoms with Crippen LogP contribution in [0.25, 0.3) is 22.6 Å². The first-order chi connectivity index (χ1) is 19.0. The molecule has 0 atom stereocenters. The van der Waals surface area contributed by atoms with E-state index in [0.29, 0.717) is 35.5 Å². The molecule has 0 aromatic carbocycles. The van der Waals surface area contributed by atoms with Gasteiger partial charge in [0.2, 0.25) is 5.88 Å². The lowest BCUT2D eigenvalue weighted by atomic mass is 10.1. The second-order valence-corrected chi connectivity index (χ2v) is 8.74. The number of anilines is 2. The molecule has 5 aromatic rings. The smallest absolute Gasteiger partial charge is 0.270 e. The van der Waals surface area contributed by atoms with Gasteiger partial charge in [0.15, 0.2) is 5.82 Å². The highest BCUT2D eigenvalue weighted by Gasteiger charge is 2.14. The van der Waals surface area contributed by atoms with E-state index in [-0.39, 0.29) is 5.91 Å². The van der Waals surface area contributed by atoms with Gasteiger partial charge in [0, 0.05) is 59.8 Å². The lowest BCUT2D eigenvalue weighted by molar-refractivity contribution is 0.0945. The third kappa shape index (κ3) is 6.02. The molecule has 5 rings (SSSR count). The quantitative estimate of drug-likeness (QED) is 0.301. The molecule has 2 N–H and O–H groups in total. The van der Waals surface area contributed by atoms with E-state index in [1.54, 1.807) is 50.2 Å². The van der Waals surface area contributed by atoms with E-state index < -0.39 is 0 Å². The number of aromatic nitrogens is 6. The molecular weight excluding hydrogens is 492 g/mol. The predicted molar refractivity (Wildman–Crippen MR) is 147 cm³/mol. The Balaban J connectivity index is 1.24. The van der Waals surface area contributed by atoms with Crippen molar-refractivity contribution >= 4 is 17.4 Å². The molecule has 0 unspecified atom stereocenters. The zero-order valence-electron chi connectivity index (χ0n) is 21.7. The van der Waals surface area contributed by atoms with Crippen LogP contribution in [-0.4, -0.2) is 42.9 Å². The molecule has 0 saturated carbocycles. The number of nitrogens with zero attached hydrogens (tertiary/aromatic N) is 6. The van der Waals surface area contributed by atoms with E-state index in [9.17, 15) is 4.79 Å². The zero-order chi connectivity index (χ0) is 27.2. The highest BCUT2D eigenvalue weighted by Crippen LogP contribution is 2.24. The minimum atomic E-state index is -0.281. The lowest BCUT2D eigenvalue weighted by Crippen LogP contribution is -2.24. The van der Waals surface area contributed by atoms with Gasteiger partial charge >= 0.3 is 0 Å². The summed E-state index contributed by atoms with van der Waals surface area (Å²) in [5.74, 6) is 1.46. The van der Waals surface area contributed by atoms with Gasteiger partial charge in [-0.25, -0.2) is 19.9 Å². The summed E-state index contributed by atoms with van der Waals surface area (Å²) in [5.41, 5.74) is 5.96.